The Kier molecular flexibility index (Phi) is 4.62. The van der Waals surface area contributed by atoms with Crippen LogP contribution in [0.2, 0.25) is 5.15 Å². The van der Waals surface area contributed by atoms with Gasteiger partial charge in [-0.2, -0.15) is 0 Å². The van der Waals surface area contributed by atoms with Crippen LogP contribution in [0.25, 0.3) is 0 Å². The Balaban J connectivity index is 1.95. The van der Waals surface area contributed by atoms with Crippen molar-refractivity contribution in [3.63, 3.8) is 0 Å². The van der Waals surface area contributed by atoms with Crippen LogP contribution in [0.5, 0.6) is 0 Å². The third kappa shape index (κ3) is 3.32. The lowest BCUT2D eigenvalue weighted by molar-refractivity contribution is 0.268. The minimum Gasteiger partial charge on any atom is -0.369 e. The van der Waals surface area contributed by atoms with Gasteiger partial charge in [-0.25, -0.2) is 9.97 Å². The SMILES string of the molecule is CC1CCCCC1CNc1ncnc(Cl)c1Br. The van der Waals surface area contributed by atoms with E-state index in [9.17, 15) is 0 Å². The van der Waals surface area contributed by atoms with E-state index in [2.05, 4.69) is 38.1 Å². The average Bonchev–Trinajstić information content (AvgIpc) is 2.33. The minimum absolute atomic E-state index is 0.458. The number of hydrogen-bond donors (Lipinski definition) is 1. The molecule has 94 valence electrons. The van der Waals surface area contributed by atoms with E-state index in [0.717, 1.165) is 28.7 Å². The molecular weight excluding hydrogens is 302 g/mol. The fraction of sp³-hybridized carbons (Fsp3) is 0.667. The Labute approximate surface area is 116 Å². The second-order valence-electron chi connectivity index (χ2n) is 4.73. The molecule has 0 amide bonds. The maximum atomic E-state index is 5.93. The van der Waals surface area contributed by atoms with Gasteiger partial charge < -0.3 is 5.32 Å². The summed E-state index contributed by atoms with van der Waals surface area (Å²) in [4.78, 5) is 8.11. The van der Waals surface area contributed by atoms with Crippen LogP contribution >= 0.6 is 27.5 Å². The molecule has 0 radical (unpaired) electrons. The second kappa shape index (κ2) is 6.01. The fourth-order valence-corrected chi connectivity index (χ4v) is 2.87. The normalized spacial score (nSPS) is 24.6. The quantitative estimate of drug-likeness (QED) is 0.852. The van der Waals surface area contributed by atoms with E-state index in [1.54, 1.807) is 0 Å². The van der Waals surface area contributed by atoms with Crippen molar-refractivity contribution in [2.45, 2.75) is 32.6 Å². The number of nitrogens with one attached hydrogen (secondary N) is 1. The first kappa shape index (κ1) is 13.1. The van der Waals surface area contributed by atoms with Gasteiger partial charge in [0.15, 0.2) is 0 Å². The molecule has 1 aliphatic carbocycles. The molecule has 2 rings (SSSR count). The lowest BCUT2D eigenvalue weighted by atomic mass is 9.80. The summed E-state index contributed by atoms with van der Waals surface area (Å²) in [6, 6.07) is 0. The summed E-state index contributed by atoms with van der Waals surface area (Å²) in [6.07, 6.45) is 6.87. The van der Waals surface area contributed by atoms with Crippen LogP contribution in [-0.2, 0) is 0 Å². The number of aromatic nitrogens is 2. The summed E-state index contributed by atoms with van der Waals surface area (Å²) in [5.74, 6) is 2.33. The average molecular weight is 319 g/mol. The molecule has 1 aromatic heterocycles. The Morgan fingerprint density at radius 1 is 1.41 bits per heavy atom. The molecule has 3 nitrogen and oxygen atoms in total. The molecular formula is C12H17BrClN3. The molecule has 1 aliphatic rings. The van der Waals surface area contributed by atoms with E-state index in [0.29, 0.717) is 5.15 Å². The van der Waals surface area contributed by atoms with E-state index in [4.69, 9.17) is 11.6 Å². The highest BCUT2D eigenvalue weighted by molar-refractivity contribution is 9.10. The van der Waals surface area contributed by atoms with Gasteiger partial charge in [0.1, 0.15) is 17.3 Å². The molecule has 1 saturated carbocycles. The first-order chi connectivity index (χ1) is 8.18. The van der Waals surface area contributed by atoms with Gasteiger partial charge >= 0.3 is 0 Å². The first-order valence-electron chi connectivity index (χ1n) is 6.08. The highest BCUT2D eigenvalue weighted by Crippen LogP contribution is 2.31. The van der Waals surface area contributed by atoms with Crippen molar-refractivity contribution in [2.24, 2.45) is 11.8 Å². The lowest BCUT2D eigenvalue weighted by Gasteiger charge is -2.29. The maximum absolute atomic E-state index is 5.93. The highest BCUT2D eigenvalue weighted by Gasteiger charge is 2.21. The fourth-order valence-electron chi connectivity index (χ4n) is 2.40. The Morgan fingerprint density at radius 2 is 2.18 bits per heavy atom. The van der Waals surface area contributed by atoms with E-state index in [-0.39, 0.29) is 0 Å². The predicted molar refractivity (Wildman–Crippen MR) is 74.4 cm³/mol. The molecule has 5 heteroatoms. The lowest BCUT2D eigenvalue weighted by Crippen LogP contribution is -2.24. The molecule has 1 heterocycles. The Hall–Kier alpha value is -0.350. The number of halogens is 2. The topological polar surface area (TPSA) is 37.8 Å². The van der Waals surface area contributed by atoms with E-state index < -0.39 is 0 Å². The van der Waals surface area contributed by atoms with Crippen molar-refractivity contribution in [1.29, 1.82) is 0 Å². The molecule has 0 aromatic carbocycles. The second-order valence-corrected chi connectivity index (χ2v) is 5.88. The third-order valence-electron chi connectivity index (χ3n) is 3.57. The van der Waals surface area contributed by atoms with Gasteiger partial charge in [-0.1, -0.05) is 37.8 Å². The molecule has 0 spiro atoms. The van der Waals surface area contributed by atoms with Crippen LogP contribution in [0.4, 0.5) is 5.82 Å². The van der Waals surface area contributed by atoms with Crippen molar-refractivity contribution in [1.82, 2.24) is 9.97 Å². The summed E-state index contributed by atoms with van der Waals surface area (Å²) in [5.41, 5.74) is 0. The predicted octanol–water partition coefficient (Wildman–Crippen LogP) is 4.13. The number of nitrogens with zero attached hydrogens (tertiary/aromatic N) is 2. The van der Waals surface area contributed by atoms with Gasteiger partial charge in [0, 0.05) is 6.54 Å². The summed E-state index contributed by atoms with van der Waals surface area (Å²) >= 11 is 9.33. The molecule has 1 N–H and O–H groups in total. The van der Waals surface area contributed by atoms with Crippen LogP contribution in [0.15, 0.2) is 10.8 Å². The maximum Gasteiger partial charge on any atom is 0.148 e. The zero-order valence-corrected chi connectivity index (χ0v) is 12.3. The van der Waals surface area contributed by atoms with Crippen LogP contribution < -0.4 is 5.32 Å². The highest BCUT2D eigenvalue weighted by atomic mass is 79.9. The van der Waals surface area contributed by atoms with Crippen LogP contribution in [0.1, 0.15) is 32.6 Å². The van der Waals surface area contributed by atoms with E-state index >= 15 is 0 Å². The monoisotopic (exact) mass is 317 g/mol. The van der Waals surface area contributed by atoms with Gasteiger partial charge in [0.2, 0.25) is 0 Å². The molecule has 2 unspecified atom stereocenters. The number of rotatable bonds is 3. The Morgan fingerprint density at radius 3 is 2.94 bits per heavy atom. The van der Waals surface area contributed by atoms with E-state index in [1.165, 1.54) is 32.0 Å². The molecule has 0 aliphatic heterocycles. The third-order valence-corrected chi connectivity index (χ3v) is 4.83. The van der Waals surface area contributed by atoms with Gasteiger partial charge in [-0.15, -0.1) is 0 Å². The van der Waals surface area contributed by atoms with Gasteiger partial charge in [0.05, 0.1) is 4.47 Å². The van der Waals surface area contributed by atoms with Crippen molar-refractivity contribution in [3.05, 3.63) is 16.0 Å². The summed E-state index contributed by atoms with van der Waals surface area (Å²) in [7, 11) is 0. The number of anilines is 1. The van der Waals surface area contributed by atoms with Crippen molar-refractivity contribution >= 4 is 33.3 Å². The van der Waals surface area contributed by atoms with E-state index in [1.807, 2.05) is 0 Å². The summed E-state index contributed by atoms with van der Waals surface area (Å²) in [5, 5.41) is 3.83. The smallest absolute Gasteiger partial charge is 0.148 e. The van der Waals surface area contributed by atoms with Gasteiger partial charge in [-0.05, 0) is 34.2 Å². The standard InChI is InChI=1S/C12H17BrClN3/c1-8-4-2-3-5-9(8)6-15-12-10(13)11(14)16-7-17-12/h7-9H,2-6H2,1H3,(H,15,16,17). The summed E-state index contributed by atoms with van der Waals surface area (Å²) in [6.45, 7) is 3.31. The van der Waals surface area contributed by atoms with Crippen molar-refractivity contribution in [3.8, 4) is 0 Å². The Bertz CT molecular complexity index is 386. The van der Waals surface area contributed by atoms with Gasteiger partial charge in [0.25, 0.3) is 0 Å². The molecule has 2 atom stereocenters. The van der Waals surface area contributed by atoms with Crippen molar-refractivity contribution in [2.75, 3.05) is 11.9 Å². The molecule has 0 saturated heterocycles. The first-order valence-corrected chi connectivity index (χ1v) is 7.25. The van der Waals surface area contributed by atoms with Gasteiger partial charge in [-0.3, -0.25) is 0 Å². The zero-order chi connectivity index (χ0) is 12.3. The van der Waals surface area contributed by atoms with Crippen LogP contribution in [0, 0.1) is 11.8 Å². The van der Waals surface area contributed by atoms with Crippen LogP contribution in [-0.4, -0.2) is 16.5 Å². The molecule has 17 heavy (non-hydrogen) atoms. The molecule has 0 bridgehead atoms. The number of hydrogen-bond acceptors (Lipinski definition) is 3. The van der Waals surface area contributed by atoms with Crippen LogP contribution in [0.3, 0.4) is 0 Å². The summed E-state index contributed by atoms with van der Waals surface area (Å²) < 4.78 is 0.755. The zero-order valence-electron chi connectivity index (χ0n) is 9.92. The minimum atomic E-state index is 0.458. The molecule has 1 fully saturated rings. The van der Waals surface area contributed by atoms with Crippen molar-refractivity contribution < 1.29 is 0 Å². The largest absolute Gasteiger partial charge is 0.369 e. The molecule has 1 aromatic rings.